The molecule has 134 valence electrons. The van der Waals surface area contributed by atoms with Crippen molar-refractivity contribution < 1.29 is 21.6 Å². The third-order valence-electron chi connectivity index (χ3n) is 5.33. The third-order valence-corrected chi connectivity index (χ3v) is 7.22. The minimum absolute atomic E-state index is 0.257. The van der Waals surface area contributed by atoms with Gasteiger partial charge in [0, 0.05) is 6.04 Å². The van der Waals surface area contributed by atoms with Crippen LogP contribution in [0.1, 0.15) is 38.2 Å². The summed E-state index contributed by atoms with van der Waals surface area (Å²) in [5.74, 6) is 1.44. The fourth-order valence-corrected chi connectivity index (χ4v) is 5.74. The lowest BCUT2D eigenvalue weighted by molar-refractivity contribution is -0.137. The second-order valence-corrected chi connectivity index (χ2v) is 9.01. The van der Waals surface area contributed by atoms with Crippen LogP contribution in [0, 0.1) is 17.8 Å². The SMILES string of the molecule is C[C@H](NS(=O)(=O)c1ccc(Cl)c(C(F)(F)F)c1)[C@H]1C[C@@H]2CC[C@H]1C2. The number of halogens is 4. The first-order valence-electron chi connectivity index (χ1n) is 7.97. The Morgan fingerprint density at radius 3 is 2.50 bits per heavy atom. The van der Waals surface area contributed by atoms with Crippen LogP contribution in [-0.2, 0) is 16.2 Å². The Labute approximate surface area is 144 Å². The summed E-state index contributed by atoms with van der Waals surface area (Å²) in [6, 6.07) is 2.38. The van der Waals surface area contributed by atoms with Crippen LogP contribution in [0.15, 0.2) is 23.1 Å². The van der Waals surface area contributed by atoms with E-state index in [0.29, 0.717) is 17.9 Å². The Kier molecular flexibility index (Phi) is 4.64. The summed E-state index contributed by atoms with van der Waals surface area (Å²) in [6.45, 7) is 1.80. The van der Waals surface area contributed by atoms with Crippen LogP contribution in [0.25, 0.3) is 0 Å². The van der Waals surface area contributed by atoms with Crippen LogP contribution in [-0.4, -0.2) is 14.5 Å². The first-order valence-corrected chi connectivity index (χ1v) is 9.83. The molecule has 2 aliphatic carbocycles. The number of sulfonamides is 1. The minimum Gasteiger partial charge on any atom is -0.208 e. The Hall–Kier alpha value is -0.790. The van der Waals surface area contributed by atoms with E-state index < -0.39 is 31.7 Å². The van der Waals surface area contributed by atoms with Crippen molar-refractivity contribution in [3.8, 4) is 0 Å². The molecule has 0 aromatic heterocycles. The van der Waals surface area contributed by atoms with Gasteiger partial charge in [-0.25, -0.2) is 13.1 Å². The van der Waals surface area contributed by atoms with E-state index in [9.17, 15) is 21.6 Å². The molecule has 0 radical (unpaired) electrons. The van der Waals surface area contributed by atoms with Crippen LogP contribution in [0.2, 0.25) is 5.02 Å². The fourth-order valence-electron chi connectivity index (χ4n) is 4.20. The molecule has 8 heteroatoms. The summed E-state index contributed by atoms with van der Waals surface area (Å²) in [7, 11) is -4.02. The lowest BCUT2D eigenvalue weighted by Crippen LogP contribution is -2.40. The number of hydrogen-bond acceptors (Lipinski definition) is 2. The van der Waals surface area contributed by atoms with Crippen molar-refractivity contribution >= 4 is 21.6 Å². The molecule has 0 aliphatic heterocycles. The van der Waals surface area contributed by atoms with Gasteiger partial charge >= 0.3 is 6.18 Å². The van der Waals surface area contributed by atoms with Crippen molar-refractivity contribution in [2.24, 2.45) is 17.8 Å². The molecule has 1 N–H and O–H groups in total. The topological polar surface area (TPSA) is 46.2 Å². The van der Waals surface area contributed by atoms with Gasteiger partial charge in [-0.05, 0) is 62.1 Å². The van der Waals surface area contributed by atoms with Gasteiger partial charge in [-0.2, -0.15) is 13.2 Å². The molecule has 0 unspecified atom stereocenters. The van der Waals surface area contributed by atoms with Crippen molar-refractivity contribution in [1.29, 1.82) is 0 Å². The zero-order valence-corrected chi connectivity index (χ0v) is 14.7. The molecule has 2 bridgehead atoms. The zero-order valence-electron chi connectivity index (χ0n) is 13.1. The predicted molar refractivity (Wildman–Crippen MR) is 85.2 cm³/mol. The lowest BCUT2D eigenvalue weighted by atomic mass is 9.84. The molecule has 3 nitrogen and oxygen atoms in total. The van der Waals surface area contributed by atoms with E-state index in [1.54, 1.807) is 6.92 Å². The highest BCUT2D eigenvalue weighted by Gasteiger charge is 2.43. The summed E-state index contributed by atoms with van der Waals surface area (Å²) in [6.07, 6.45) is -0.259. The Morgan fingerprint density at radius 1 is 1.25 bits per heavy atom. The predicted octanol–water partition coefficient (Wildman–Crippen LogP) is 4.46. The Bertz CT molecular complexity index is 735. The number of fused-ring (bicyclic) bond motifs is 2. The van der Waals surface area contributed by atoms with Crippen molar-refractivity contribution in [3.05, 3.63) is 28.8 Å². The van der Waals surface area contributed by atoms with E-state index in [0.717, 1.165) is 31.4 Å². The molecule has 4 atom stereocenters. The molecular weight excluding hydrogens is 363 g/mol. The van der Waals surface area contributed by atoms with Crippen LogP contribution in [0.5, 0.6) is 0 Å². The Morgan fingerprint density at radius 2 is 1.96 bits per heavy atom. The average molecular weight is 382 g/mol. The summed E-state index contributed by atoms with van der Waals surface area (Å²) in [4.78, 5) is -0.408. The van der Waals surface area contributed by atoms with E-state index in [1.807, 2.05) is 0 Å². The van der Waals surface area contributed by atoms with E-state index >= 15 is 0 Å². The fraction of sp³-hybridized carbons (Fsp3) is 0.625. The van der Waals surface area contributed by atoms with Gasteiger partial charge in [-0.3, -0.25) is 0 Å². The first kappa shape index (κ1) is 18.0. The highest BCUT2D eigenvalue weighted by Crippen LogP contribution is 2.49. The lowest BCUT2D eigenvalue weighted by Gasteiger charge is -2.28. The normalized spacial score (nSPS) is 28.3. The van der Waals surface area contributed by atoms with Gasteiger partial charge in [0.25, 0.3) is 0 Å². The quantitative estimate of drug-likeness (QED) is 0.836. The van der Waals surface area contributed by atoms with Gasteiger partial charge in [0.2, 0.25) is 10.0 Å². The first-order chi connectivity index (χ1) is 11.1. The molecule has 1 aromatic rings. The number of benzene rings is 1. The summed E-state index contributed by atoms with van der Waals surface area (Å²) in [5.41, 5.74) is -1.14. The molecule has 24 heavy (non-hydrogen) atoms. The monoisotopic (exact) mass is 381 g/mol. The second-order valence-electron chi connectivity index (χ2n) is 6.89. The van der Waals surface area contributed by atoms with E-state index in [4.69, 9.17) is 11.6 Å². The second kappa shape index (κ2) is 6.18. The maximum absolute atomic E-state index is 12.9. The number of hydrogen-bond donors (Lipinski definition) is 1. The standard InChI is InChI=1S/C16H19ClF3NO2S/c1-9(13-7-10-2-3-11(13)6-10)21-24(22,23)12-4-5-15(17)14(8-12)16(18,19)20/h4-5,8-11,13,21H,2-3,6-7H2,1H3/t9-,10+,11-,13+/m0/s1. The molecule has 2 fully saturated rings. The number of rotatable bonds is 4. The van der Waals surface area contributed by atoms with Crippen LogP contribution in [0.4, 0.5) is 13.2 Å². The molecule has 0 saturated heterocycles. The molecule has 0 amide bonds. The minimum atomic E-state index is -4.70. The van der Waals surface area contributed by atoms with Gasteiger partial charge in [0.1, 0.15) is 0 Å². The van der Waals surface area contributed by atoms with Crippen molar-refractivity contribution in [2.45, 2.75) is 49.7 Å². The summed E-state index contributed by atoms with van der Waals surface area (Å²) in [5, 5.41) is -0.511. The zero-order chi connectivity index (χ0) is 17.7. The van der Waals surface area contributed by atoms with Crippen molar-refractivity contribution in [1.82, 2.24) is 4.72 Å². The summed E-state index contributed by atoms with van der Waals surface area (Å²) >= 11 is 5.55. The highest BCUT2D eigenvalue weighted by atomic mass is 35.5. The van der Waals surface area contributed by atoms with Crippen LogP contribution in [0.3, 0.4) is 0 Å². The molecule has 0 spiro atoms. The highest BCUT2D eigenvalue weighted by molar-refractivity contribution is 7.89. The molecule has 1 aromatic carbocycles. The van der Waals surface area contributed by atoms with E-state index in [1.165, 1.54) is 6.42 Å². The summed E-state index contributed by atoms with van der Waals surface area (Å²) < 4.78 is 66.3. The van der Waals surface area contributed by atoms with Gasteiger partial charge in [-0.15, -0.1) is 0 Å². The molecule has 2 aliphatic rings. The molecule has 0 heterocycles. The number of alkyl halides is 3. The molecule has 3 rings (SSSR count). The van der Waals surface area contributed by atoms with Crippen molar-refractivity contribution in [3.63, 3.8) is 0 Å². The van der Waals surface area contributed by atoms with E-state index in [-0.39, 0.29) is 12.0 Å². The van der Waals surface area contributed by atoms with Gasteiger partial charge in [0.15, 0.2) is 0 Å². The van der Waals surface area contributed by atoms with Crippen LogP contribution < -0.4 is 4.72 Å². The molecular formula is C16H19ClF3NO2S. The smallest absolute Gasteiger partial charge is 0.208 e. The van der Waals surface area contributed by atoms with Crippen LogP contribution >= 0.6 is 11.6 Å². The third kappa shape index (κ3) is 3.44. The number of nitrogens with one attached hydrogen (secondary N) is 1. The molecule has 2 saturated carbocycles. The maximum Gasteiger partial charge on any atom is 0.417 e. The Balaban J connectivity index is 1.80. The maximum atomic E-state index is 12.9. The van der Waals surface area contributed by atoms with E-state index in [2.05, 4.69) is 4.72 Å². The average Bonchev–Trinajstić information content (AvgIpc) is 3.08. The largest absolute Gasteiger partial charge is 0.417 e. The van der Waals surface area contributed by atoms with Gasteiger partial charge in [-0.1, -0.05) is 18.0 Å². The van der Waals surface area contributed by atoms with Gasteiger partial charge in [0.05, 0.1) is 15.5 Å². The van der Waals surface area contributed by atoms with Gasteiger partial charge < -0.3 is 0 Å². The van der Waals surface area contributed by atoms with Crippen molar-refractivity contribution in [2.75, 3.05) is 0 Å².